The molecular weight excluding hydrogens is 222 g/mol. The fourth-order valence-corrected chi connectivity index (χ4v) is 4.92. The van der Waals surface area contributed by atoms with E-state index in [1.807, 2.05) is 0 Å². The zero-order valence-corrected chi connectivity index (χ0v) is 11.6. The van der Waals surface area contributed by atoms with E-state index in [1.54, 1.807) is 0 Å². The molecule has 0 spiro atoms. The molecule has 4 fully saturated rings. The summed E-state index contributed by atoms with van der Waals surface area (Å²) in [6.45, 7) is 4.07. The Morgan fingerprint density at radius 1 is 0.444 bits per heavy atom. The minimum absolute atomic E-state index is 0.795. The Morgan fingerprint density at radius 2 is 0.778 bits per heavy atom. The van der Waals surface area contributed by atoms with Gasteiger partial charge in [-0.25, -0.2) is 0 Å². The van der Waals surface area contributed by atoms with Crippen molar-refractivity contribution in [1.29, 1.82) is 0 Å². The highest BCUT2D eigenvalue weighted by Crippen LogP contribution is 2.39. The Bertz CT molecular complexity index is 217. The molecule has 0 N–H and O–H groups in total. The molecule has 102 valence electrons. The number of nitrogens with zero attached hydrogens (tertiary/aromatic N) is 3. The van der Waals surface area contributed by atoms with Crippen LogP contribution >= 0.6 is 0 Å². The highest BCUT2D eigenvalue weighted by atomic mass is 15.6. The third-order valence-electron chi connectivity index (χ3n) is 5.68. The first-order valence-electron chi connectivity index (χ1n) is 8.22. The number of hydrogen-bond acceptors (Lipinski definition) is 3. The van der Waals surface area contributed by atoms with E-state index < -0.39 is 0 Å². The van der Waals surface area contributed by atoms with Gasteiger partial charge in [0.1, 0.15) is 0 Å². The topological polar surface area (TPSA) is 9.72 Å². The van der Waals surface area contributed by atoms with Gasteiger partial charge in [-0.05, 0) is 57.8 Å². The van der Waals surface area contributed by atoms with E-state index in [0.29, 0.717) is 0 Å². The summed E-state index contributed by atoms with van der Waals surface area (Å²) in [6.07, 6.45) is 15.3. The molecule has 4 aliphatic rings. The predicted octanol–water partition coefficient (Wildman–Crippen LogP) is 2.44. The third-order valence-corrected chi connectivity index (χ3v) is 5.68. The fraction of sp³-hybridized carbons (Fsp3) is 1.00. The van der Waals surface area contributed by atoms with Gasteiger partial charge in [-0.2, -0.15) is 0 Å². The lowest BCUT2D eigenvalue weighted by molar-refractivity contribution is -0.204. The van der Waals surface area contributed by atoms with E-state index in [1.165, 1.54) is 77.4 Å². The van der Waals surface area contributed by atoms with Crippen molar-refractivity contribution in [3.05, 3.63) is 0 Å². The van der Waals surface area contributed by atoms with Gasteiger partial charge in [-0.3, -0.25) is 14.7 Å². The maximum absolute atomic E-state index is 2.87. The maximum Gasteiger partial charge on any atom is 0.0649 e. The maximum atomic E-state index is 2.87. The van der Waals surface area contributed by atoms with Crippen LogP contribution in [0.4, 0.5) is 0 Å². The number of hydrogen-bond donors (Lipinski definition) is 0. The Morgan fingerprint density at radius 3 is 1.11 bits per heavy atom. The van der Waals surface area contributed by atoms with Crippen LogP contribution in [-0.4, -0.2) is 52.8 Å². The van der Waals surface area contributed by atoms with Gasteiger partial charge in [0.15, 0.2) is 0 Å². The molecular formula is C15H27N3. The van der Waals surface area contributed by atoms with E-state index >= 15 is 0 Å². The summed E-state index contributed by atoms with van der Waals surface area (Å²) >= 11 is 0. The van der Waals surface area contributed by atoms with Crippen LogP contribution in [0.3, 0.4) is 0 Å². The molecule has 4 heterocycles. The van der Waals surface area contributed by atoms with Crippen LogP contribution in [0.5, 0.6) is 0 Å². The van der Waals surface area contributed by atoms with Gasteiger partial charge >= 0.3 is 0 Å². The Kier molecular flexibility index (Phi) is 3.10. The number of piperidine rings is 3. The van der Waals surface area contributed by atoms with Crippen LogP contribution < -0.4 is 0 Å². The lowest BCUT2D eigenvalue weighted by atomic mass is 9.93. The standard InChI is InChI=1S/C15H27N3/c1-4-10-16-13(7-1)17-11-5-2-9-15(17)18-12-6-3-8-14(16)18/h13-15H,1-12H2. The smallest absolute Gasteiger partial charge is 0.0649 e. The lowest BCUT2D eigenvalue weighted by Gasteiger charge is -2.62. The van der Waals surface area contributed by atoms with Crippen LogP contribution in [0.1, 0.15) is 57.8 Å². The summed E-state index contributed by atoms with van der Waals surface area (Å²) in [5.74, 6) is 0. The molecule has 0 saturated carbocycles. The molecule has 3 nitrogen and oxygen atoms in total. The average Bonchev–Trinajstić information content (AvgIpc) is 2.48. The molecule has 18 heavy (non-hydrogen) atoms. The van der Waals surface area contributed by atoms with Gasteiger partial charge in [0.05, 0.1) is 18.5 Å². The Labute approximate surface area is 111 Å². The van der Waals surface area contributed by atoms with Crippen LogP contribution in [0, 0.1) is 0 Å². The Hall–Kier alpha value is -0.120. The lowest BCUT2D eigenvalue weighted by Crippen LogP contribution is -2.73. The van der Waals surface area contributed by atoms with E-state index in [0.717, 1.165) is 18.5 Å². The molecule has 0 bridgehead atoms. The van der Waals surface area contributed by atoms with Crippen LogP contribution in [0.2, 0.25) is 0 Å². The molecule has 0 aromatic heterocycles. The van der Waals surface area contributed by atoms with Crippen LogP contribution in [0.15, 0.2) is 0 Å². The van der Waals surface area contributed by atoms with Crippen molar-refractivity contribution in [2.45, 2.75) is 76.3 Å². The first kappa shape index (κ1) is 11.7. The molecule has 0 aliphatic carbocycles. The van der Waals surface area contributed by atoms with E-state index in [2.05, 4.69) is 14.7 Å². The van der Waals surface area contributed by atoms with Gasteiger partial charge in [0, 0.05) is 19.6 Å². The zero-order chi connectivity index (χ0) is 11.9. The van der Waals surface area contributed by atoms with Gasteiger partial charge in [-0.1, -0.05) is 0 Å². The summed E-state index contributed by atoms with van der Waals surface area (Å²) in [5.41, 5.74) is 0. The monoisotopic (exact) mass is 249 g/mol. The zero-order valence-electron chi connectivity index (χ0n) is 11.6. The van der Waals surface area contributed by atoms with E-state index in [4.69, 9.17) is 0 Å². The average molecular weight is 249 g/mol. The molecule has 4 aliphatic heterocycles. The summed E-state index contributed by atoms with van der Waals surface area (Å²) in [7, 11) is 0. The summed E-state index contributed by atoms with van der Waals surface area (Å²) in [4.78, 5) is 8.60. The highest BCUT2D eigenvalue weighted by molar-refractivity contribution is 4.96. The van der Waals surface area contributed by atoms with Crippen molar-refractivity contribution >= 4 is 0 Å². The molecule has 0 atom stereocenters. The molecule has 4 saturated heterocycles. The Balaban J connectivity index is 1.64. The first-order chi connectivity index (χ1) is 8.95. The molecule has 0 aromatic carbocycles. The van der Waals surface area contributed by atoms with Crippen molar-refractivity contribution < 1.29 is 0 Å². The summed E-state index contributed by atoms with van der Waals surface area (Å²) < 4.78 is 0. The van der Waals surface area contributed by atoms with Crippen molar-refractivity contribution in [2.24, 2.45) is 0 Å². The molecule has 0 radical (unpaired) electrons. The highest BCUT2D eigenvalue weighted by Gasteiger charge is 2.47. The number of fused-ring (bicyclic) bond motifs is 6. The van der Waals surface area contributed by atoms with Crippen molar-refractivity contribution in [2.75, 3.05) is 19.6 Å². The fourth-order valence-electron chi connectivity index (χ4n) is 4.92. The minimum Gasteiger partial charge on any atom is -0.272 e. The van der Waals surface area contributed by atoms with Crippen molar-refractivity contribution in [3.8, 4) is 0 Å². The second-order valence-corrected chi connectivity index (χ2v) is 6.64. The minimum atomic E-state index is 0.795. The van der Waals surface area contributed by atoms with Gasteiger partial charge < -0.3 is 0 Å². The molecule has 3 heteroatoms. The third kappa shape index (κ3) is 1.75. The first-order valence-corrected chi connectivity index (χ1v) is 8.22. The molecule has 0 unspecified atom stereocenters. The van der Waals surface area contributed by atoms with Gasteiger partial charge in [0.2, 0.25) is 0 Å². The van der Waals surface area contributed by atoms with E-state index in [9.17, 15) is 0 Å². The quantitative estimate of drug-likeness (QED) is 0.653. The summed E-state index contributed by atoms with van der Waals surface area (Å²) in [6, 6.07) is 0. The predicted molar refractivity (Wildman–Crippen MR) is 73.0 cm³/mol. The SMILES string of the molecule is C1CCN2C(C1)N1CCCCC1N1CCCCC21. The van der Waals surface area contributed by atoms with Crippen LogP contribution in [0.25, 0.3) is 0 Å². The molecule has 0 aromatic rings. The van der Waals surface area contributed by atoms with E-state index in [-0.39, 0.29) is 0 Å². The largest absolute Gasteiger partial charge is 0.272 e. The van der Waals surface area contributed by atoms with Crippen molar-refractivity contribution in [3.63, 3.8) is 0 Å². The molecule has 4 rings (SSSR count). The molecule has 0 amide bonds. The number of rotatable bonds is 0. The summed E-state index contributed by atoms with van der Waals surface area (Å²) in [5, 5.41) is 0. The van der Waals surface area contributed by atoms with Gasteiger partial charge in [-0.15, -0.1) is 0 Å². The van der Waals surface area contributed by atoms with Gasteiger partial charge in [0.25, 0.3) is 0 Å². The second-order valence-electron chi connectivity index (χ2n) is 6.64. The van der Waals surface area contributed by atoms with Crippen LogP contribution in [-0.2, 0) is 0 Å². The normalized spacial score (nSPS) is 43.0. The van der Waals surface area contributed by atoms with Crippen molar-refractivity contribution in [1.82, 2.24) is 14.7 Å². The second kappa shape index (κ2) is 4.77.